The van der Waals surface area contributed by atoms with E-state index in [-0.39, 0.29) is 17.5 Å². The molecule has 2 aromatic heterocycles. The first-order valence-electron chi connectivity index (χ1n) is 7.77. The largest absolute Gasteiger partial charge is 0.325 e. The lowest BCUT2D eigenvalue weighted by molar-refractivity contribution is -0.113. The number of thiazole rings is 1. The van der Waals surface area contributed by atoms with Crippen LogP contribution in [0.15, 0.2) is 65.1 Å². The number of aromatic nitrogens is 3. The zero-order valence-corrected chi connectivity index (χ0v) is 15.1. The maximum Gasteiger partial charge on any atom is 0.234 e. The number of anilines is 1. The van der Waals surface area contributed by atoms with Gasteiger partial charge in [-0.05, 0) is 29.8 Å². The van der Waals surface area contributed by atoms with E-state index in [9.17, 15) is 9.18 Å². The van der Waals surface area contributed by atoms with Gasteiger partial charge < -0.3 is 5.32 Å². The van der Waals surface area contributed by atoms with E-state index >= 15 is 0 Å². The second-order valence-electron chi connectivity index (χ2n) is 5.43. The van der Waals surface area contributed by atoms with Crippen LogP contribution in [-0.4, -0.2) is 26.3 Å². The molecular weight excluding hydrogens is 371 g/mol. The third-order valence-electron chi connectivity index (χ3n) is 3.65. The predicted octanol–water partition coefficient (Wildman–Crippen LogP) is 4.33. The van der Waals surface area contributed by atoms with Crippen LogP contribution >= 0.6 is 23.1 Å². The molecule has 0 fully saturated rings. The fourth-order valence-corrected chi connectivity index (χ4v) is 4.10. The summed E-state index contributed by atoms with van der Waals surface area (Å²) in [6.45, 7) is 0. The Bertz CT molecular complexity index is 1040. The van der Waals surface area contributed by atoms with Crippen LogP contribution in [0.4, 0.5) is 10.1 Å². The van der Waals surface area contributed by atoms with E-state index in [0.717, 1.165) is 16.2 Å². The van der Waals surface area contributed by atoms with Gasteiger partial charge in [0.15, 0.2) is 5.16 Å². The summed E-state index contributed by atoms with van der Waals surface area (Å²) in [6.07, 6.45) is 0. The van der Waals surface area contributed by atoms with Crippen LogP contribution in [-0.2, 0) is 4.79 Å². The van der Waals surface area contributed by atoms with Gasteiger partial charge in [0.25, 0.3) is 0 Å². The SMILES string of the molecule is O=C(CSc1nnc2scc(-c3ccccc3)n12)Nc1ccc(F)cc1. The highest BCUT2D eigenvalue weighted by atomic mass is 32.2. The quantitative estimate of drug-likeness (QED) is 0.521. The van der Waals surface area contributed by atoms with Gasteiger partial charge in [0, 0.05) is 11.1 Å². The van der Waals surface area contributed by atoms with Gasteiger partial charge in [-0.25, -0.2) is 4.39 Å². The molecule has 0 spiro atoms. The summed E-state index contributed by atoms with van der Waals surface area (Å²) in [6, 6.07) is 15.6. The topological polar surface area (TPSA) is 59.3 Å². The lowest BCUT2D eigenvalue weighted by Gasteiger charge is -2.05. The Morgan fingerprint density at radius 1 is 1.12 bits per heavy atom. The Morgan fingerprint density at radius 2 is 1.88 bits per heavy atom. The number of hydrogen-bond acceptors (Lipinski definition) is 5. The molecule has 0 atom stereocenters. The number of halogens is 1. The highest BCUT2D eigenvalue weighted by molar-refractivity contribution is 7.99. The number of fused-ring (bicyclic) bond motifs is 1. The second kappa shape index (κ2) is 7.27. The lowest BCUT2D eigenvalue weighted by Crippen LogP contribution is -2.14. The molecule has 8 heteroatoms. The number of carbonyl (C=O) groups is 1. The third-order valence-corrected chi connectivity index (χ3v) is 5.40. The van der Waals surface area contributed by atoms with Gasteiger partial charge in [-0.2, -0.15) is 0 Å². The van der Waals surface area contributed by atoms with Crippen molar-refractivity contribution >= 4 is 39.7 Å². The predicted molar refractivity (Wildman–Crippen MR) is 102 cm³/mol. The molecule has 0 radical (unpaired) electrons. The molecule has 0 bridgehead atoms. The van der Waals surface area contributed by atoms with Crippen molar-refractivity contribution in [2.75, 3.05) is 11.1 Å². The number of benzene rings is 2. The van der Waals surface area contributed by atoms with Gasteiger partial charge >= 0.3 is 0 Å². The number of nitrogens with zero attached hydrogens (tertiary/aromatic N) is 3. The molecule has 130 valence electrons. The van der Waals surface area contributed by atoms with Gasteiger partial charge in [0.1, 0.15) is 5.82 Å². The molecule has 0 saturated heterocycles. The minimum absolute atomic E-state index is 0.183. The first kappa shape index (κ1) is 16.7. The molecule has 0 unspecified atom stereocenters. The zero-order chi connectivity index (χ0) is 17.9. The number of hydrogen-bond donors (Lipinski definition) is 1. The number of amides is 1. The summed E-state index contributed by atoms with van der Waals surface area (Å²) in [4.78, 5) is 12.9. The van der Waals surface area contributed by atoms with Crippen LogP contribution < -0.4 is 5.32 Å². The normalized spacial score (nSPS) is 11.0. The maximum absolute atomic E-state index is 12.9. The molecule has 4 rings (SSSR count). The van der Waals surface area contributed by atoms with Crippen LogP contribution in [0.5, 0.6) is 0 Å². The fraction of sp³-hybridized carbons (Fsp3) is 0.0556. The van der Waals surface area contributed by atoms with E-state index in [4.69, 9.17) is 0 Å². The summed E-state index contributed by atoms with van der Waals surface area (Å²) in [5.74, 6) is -0.341. The summed E-state index contributed by atoms with van der Waals surface area (Å²) < 4.78 is 14.9. The Morgan fingerprint density at radius 3 is 2.65 bits per heavy atom. The number of nitrogens with one attached hydrogen (secondary N) is 1. The number of carbonyl (C=O) groups excluding carboxylic acids is 1. The third kappa shape index (κ3) is 3.47. The summed E-state index contributed by atoms with van der Waals surface area (Å²) >= 11 is 2.82. The van der Waals surface area contributed by atoms with Crippen molar-refractivity contribution in [1.82, 2.24) is 14.6 Å². The summed E-state index contributed by atoms with van der Waals surface area (Å²) in [5.41, 5.74) is 2.62. The van der Waals surface area contributed by atoms with Gasteiger partial charge in [-0.3, -0.25) is 9.20 Å². The van der Waals surface area contributed by atoms with Gasteiger partial charge in [0.05, 0.1) is 11.4 Å². The van der Waals surface area contributed by atoms with Crippen LogP contribution in [0, 0.1) is 5.82 Å². The van der Waals surface area contributed by atoms with E-state index in [1.165, 1.54) is 47.4 Å². The molecule has 2 aromatic carbocycles. The van der Waals surface area contributed by atoms with E-state index < -0.39 is 0 Å². The molecule has 0 aliphatic rings. The molecule has 2 heterocycles. The second-order valence-corrected chi connectivity index (χ2v) is 7.21. The molecule has 0 aliphatic carbocycles. The standard InChI is InChI=1S/C18H13FN4OS2/c19-13-6-8-14(9-7-13)20-16(24)11-26-18-22-21-17-23(18)15(10-25-17)12-4-2-1-3-5-12/h1-10H,11H2,(H,20,24). The smallest absolute Gasteiger partial charge is 0.234 e. The Balaban J connectivity index is 1.50. The summed E-state index contributed by atoms with van der Waals surface area (Å²) in [7, 11) is 0. The zero-order valence-electron chi connectivity index (χ0n) is 13.4. The Labute approximate surface area is 156 Å². The molecule has 26 heavy (non-hydrogen) atoms. The first-order chi connectivity index (χ1) is 12.7. The highest BCUT2D eigenvalue weighted by Crippen LogP contribution is 2.29. The highest BCUT2D eigenvalue weighted by Gasteiger charge is 2.15. The van der Waals surface area contributed by atoms with Gasteiger partial charge in [-0.1, -0.05) is 42.1 Å². The van der Waals surface area contributed by atoms with E-state index in [2.05, 4.69) is 15.5 Å². The van der Waals surface area contributed by atoms with Gasteiger partial charge in [0.2, 0.25) is 10.9 Å². The molecule has 1 amide bonds. The van der Waals surface area contributed by atoms with E-state index in [1.807, 2.05) is 40.1 Å². The van der Waals surface area contributed by atoms with Crippen molar-refractivity contribution in [3.63, 3.8) is 0 Å². The Kier molecular flexibility index (Phi) is 4.68. The monoisotopic (exact) mass is 384 g/mol. The van der Waals surface area contributed by atoms with Crippen molar-refractivity contribution in [2.24, 2.45) is 0 Å². The van der Waals surface area contributed by atoms with Crippen LogP contribution in [0.1, 0.15) is 0 Å². The maximum atomic E-state index is 12.9. The van der Waals surface area contributed by atoms with Crippen molar-refractivity contribution in [2.45, 2.75) is 5.16 Å². The van der Waals surface area contributed by atoms with E-state index in [1.54, 1.807) is 0 Å². The molecule has 1 N–H and O–H groups in total. The van der Waals surface area contributed by atoms with Crippen molar-refractivity contribution in [3.05, 3.63) is 65.8 Å². The van der Waals surface area contributed by atoms with Crippen molar-refractivity contribution in [3.8, 4) is 11.3 Å². The van der Waals surface area contributed by atoms with Crippen molar-refractivity contribution in [1.29, 1.82) is 0 Å². The molecular formula is C18H13FN4OS2. The minimum Gasteiger partial charge on any atom is -0.325 e. The van der Waals surface area contributed by atoms with Gasteiger partial charge in [-0.15, -0.1) is 21.5 Å². The van der Waals surface area contributed by atoms with Crippen LogP contribution in [0.25, 0.3) is 16.2 Å². The minimum atomic E-state index is -0.339. The average Bonchev–Trinajstić information content (AvgIpc) is 3.25. The molecule has 0 saturated carbocycles. The van der Waals surface area contributed by atoms with Crippen molar-refractivity contribution < 1.29 is 9.18 Å². The average molecular weight is 384 g/mol. The first-order valence-corrected chi connectivity index (χ1v) is 9.63. The molecule has 4 aromatic rings. The summed E-state index contributed by atoms with van der Waals surface area (Å²) in [5, 5.41) is 13.8. The number of thioether (sulfide) groups is 1. The Hall–Kier alpha value is -2.71. The fourth-order valence-electron chi connectivity index (χ4n) is 2.46. The van der Waals surface area contributed by atoms with Crippen LogP contribution in [0.3, 0.4) is 0 Å². The number of rotatable bonds is 5. The lowest BCUT2D eigenvalue weighted by atomic mass is 10.2. The molecule has 0 aliphatic heterocycles. The van der Waals surface area contributed by atoms with E-state index in [0.29, 0.717) is 10.8 Å². The van der Waals surface area contributed by atoms with Crippen LogP contribution in [0.2, 0.25) is 0 Å². The molecule has 5 nitrogen and oxygen atoms in total.